The first-order valence-corrected chi connectivity index (χ1v) is 6.66. The molecule has 1 aromatic rings. The zero-order valence-corrected chi connectivity index (χ0v) is 10.8. The first-order valence-electron chi connectivity index (χ1n) is 5.35. The van der Waals surface area contributed by atoms with E-state index in [-0.39, 0.29) is 11.7 Å². The zero-order valence-electron chi connectivity index (χ0n) is 9.98. The van der Waals surface area contributed by atoms with Gasteiger partial charge < -0.3 is 4.90 Å². The molecule has 5 heteroatoms. The van der Waals surface area contributed by atoms with Crippen LogP contribution in [0.5, 0.6) is 0 Å². The molecule has 0 heterocycles. The Labute approximate surface area is 103 Å². The van der Waals surface area contributed by atoms with E-state index in [4.69, 9.17) is 0 Å². The number of hydrogen-bond donors (Lipinski definition) is 0. The van der Waals surface area contributed by atoms with Crippen LogP contribution in [-0.4, -0.2) is 34.9 Å². The van der Waals surface area contributed by atoms with Crippen LogP contribution in [0.4, 0.5) is 4.39 Å². The number of benzene rings is 1. The second-order valence-electron chi connectivity index (χ2n) is 3.90. The highest BCUT2D eigenvalue weighted by Gasteiger charge is 2.08. The number of amides is 1. The Morgan fingerprint density at radius 1 is 1.41 bits per heavy atom. The van der Waals surface area contributed by atoms with Crippen LogP contribution in [0.2, 0.25) is 0 Å². The van der Waals surface area contributed by atoms with Gasteiger partial charge in [-0.2, -0.15) is 0 Å². The topological polar surface area (TPSA) is 37.4 Å². The van der Waals surface area contributed by atoms with E-state index in [1.807, 2.05) is 0 Å². The summed E-state index contributed by atoms with van der Waals surface area (Å²) in [7, 11) is 2.14. The van der Waals surface area contributed by atoms with Crippen molar-refractivity contribution in [1.29, 1.82) is 0 Å². The maximum atomic E-state index is 12.9. The van der Waals surface area contributed by atoms with Crippen molar-refractivity contribution in [2.75, 3.05) is 19.8 Å². The Morgan fingerprint density at radius 3 is 2.71 bits per heavy atom. The molecular formula is C12H16FNO2S. The Balaban J connectivity index is 2.43. The molecule has 0 saturated carbocycles. The largest absolute Gasteiger partial charge is 0.349 e. The van der Waals surface area contributed by atoms with Crippen molar-refractivity contribution < 1.29 is 13.4 Å². The normalized spacial score (nSPS) is 12.2. The lowest BCUT2D eigenvalue weighted by molar-refractivity contribution is -0.128. The van der Waals surface area contributed by atoms with Crippen LogP contribution < -0.4 is 0 Å². The highest BCUT2D eigenvalue weighted by atomic mass is 32.2. The molecule has 0 saturated heterocycles. The average Bonchev–Trinajstić information content (AvgIpc) is 2.28. The highest BCUT2D eigenvalue weighted by Crippen LogP contribution is 2.10. The van der Waals surface area contributed by atoms with Gasteiger partial charge in [0, 0.05) is 31.2 Å². The minimum atomic E-state index is -1.23. The van der Waals surface area contributed by atoms with Gasteiger partial charge in [0.25, 0.3) is 0 Å². The number of carbonyl (C=O) groups excluding carboxylic acids is 1. The zero-order chi connectivity index (χ0) is 12.8. The molecule has 3 nitrogen and oxygen atoms in total. The van der Waals surface area contributed by atoms with Gasteiger partial charge in [0.15, 0.2) is 0 Å². The fourth-order valence-corrected chi connectivity index (χ4v) is 2.42. The predicted molar refractivity (Wildman–Crippen MR) is 65.6 cm³/mol. The van der Waals surface area contributed by atoms with Gasteiger partial charge in [0.1, 0.15) is 5.82 Å². The number of hydrogen-bond acceptors (Lipinski definition) is 2. The fraction of sp³-hybridized carbons (Fsp3) is 0.417. The minimum absolute atomic E-state index is 0.0150. The second-order valence-corrected chi connectivity index (χ2v) is 5.47. The summed E-state index contributed by atoms with van der Waals surface area (Å²) in [5.74, 6) is 0.00436. The molecular weight excluding hydrogens is 241 g/mol. The van der Waals surface area contributed by atoms with E-state index < -0.39 is 10.8 Å². The van der Waals surface area contributed by atoms with Crippen LogP contribution in [0, 0.1) is 5.82 Å². The van der Waals surface area contributed by atoms with Crippen molar-refractivity contribution >= 4 is 16.7 Å². The van der Waals surface area contributed by atoms with Crippen molar-refractivity contribution in [2.45, 2.75) is 17.7 Å². The number of halogens is 1. The first kappa shape index (κ1) is 13.8. The monoisotopic (exact) mass is 257 g/mol. The van der Waals surface area contributed by atoms with Gasteiger partial charge in [-0.05, 0) is 24.6 Å². The van der Waals surface area contributed by atoms with Crippen LogP contribution >= 0.6 is 0 Å². The fourth-order valence-electron chi connectivity index (χ4n) is 1.30. The van der Waals surface area contributed by atoms with E-state index in [1.165, 1.54) is 23.1 Å². The summed E-state index contributed by atoms with van der Waals surface area (Å²) in [4.78, 5) is 13.3. The van der Waals surface area contributed by atoms with Crippen LogP contribution in [-0.2, 0) is 15.6 Å². The molecule has 0 aliphatic carbocycles. The molecule has 0 radical (unpaired) electrons. The van der Waals surface area contributed by atoms with Crippen LogP contribution in [0.3, 0.4) is 0 Å². The lowest BCUT2D eigenvalue weighted by Gasteiger charge is -2.09. The summed E-state index contributed by atoms with van der Waals surface area (Å²) in [5, 5.41) is 0. The Bertz CT molecular complexity index is 421. The van der Waals surface area contributed by atoms with Crippen LogP contribution in [0.25, 0.3) is 0 Å². The smallest absolute Gasteiger partial charge is 0.222 e. The Morgan fingerprint density at radius 2 is 2.12 bits per heavy atom. The third-order valence-electron chi connectivity index (χ3n) is 2.28. The molecule has 0 aliphatic rings. The standard InChI is InChI=1S/C12H16FNO2S/c1-14(2)12(15)7-4-8-17(16)11-6-3-5-10(13)9-11/h3,5-6,9H,4,7-8H2,1-2H3. The SMILES string of the molecule is CN(C)C(=O)CCCS(=O)c1cccc(F)c1. The van der Waals surface area contributed by atoms with Crippen LogP contribution in [0.1, 0.15) is 12.8 Å². The molecule has 17 heavy (non-hydrogen) atoms. The van der Waals surface area contributed by atoms with Crippen molar-refractivity contribution in [3.8, 4) is 0 Å². The summed E-state index contributed by atoms with van der Waals surface area (Å²) in [6.45, 7) is 0. The van der Waals surface area contributed by atoms with E-state index in [0.717, 1.165) is 0 Å². The summed E-state index contributed by atoms with van der Waals surface area (Å²) in [5.41, 5.74) is 0. The molecule has 0 N–H and O–H groups in total. The highest BCUT2D eigenvalue weighted by molar-refractivity contribution is 7.85. The Hall–Kier alpha value is -1.23. The van der Waals surface area contributed by atoms with Crippen molar-refractivity contribution in [3.63, 3.8) is 0 Å². The molecule has 1 aromatic carbocycles. The average molecular weight is 257 g/mol. The summed E-state index contributed by atoms with van der Waals surface area (Å²) >= 11 is 0. The molecule has 1 amide bonds. The lowest BCUT2D eigenvalue weighted by atomic mass is 10.3. The van der Waals surface area contributed by atoms with Gasteiger partial charge in [-0.25, -0.2) is 4.39 Å². The molecule has 0 fully saturated rings. The maximum Gasteiger partial charge on any atom is 0.222 e. The second kappa shape index (κ2) is 6.49. The van der Waals surface area contributed by atoms with Crippen molar-refractivity contribution in [1.82, 2.24) is 4.90 Å². The summed E-state index contributed by atoms with van der Waals surface area (Å²) < 4.78 is 24.7. The summed E-state index contributed by atoms with van der Waals surface area (Å²) in [6.07, 6.45) is 0.911. The number of nitrogens with zero attached hydrogens (tertiary/aromatic N) is 1. The molecule has 0 aliphatic heterocycles. The van der Waals surface area contributed by atoms with Crippen molar-refractivity contribution in [3.05, 3.63) is 30.1 Å². The number of rotatable bonds is 5. The Kier molecular flexibility index (Phi) is 5.28. The maximum absolute atomic E-state index is 12.9. The quantitative estimate of drug-likeness (QED) is 0.806. The molecule has 1 atom stereocenters. The van der Waals surface area contributed by atoms with Crippen LogP contribution in [0.15, 0.2) is 29.2 Å². The van der Waals surface area contributed by atoms with Gasteiger partial charge in [-0.3, -0.25) is 9.00 Å². The van der Waals surface area contributed by atoms with Gasteiger partial charge in [0.05, 0.1) is 10.8 Å². The van der Waals surface area contributed by atoms with E-state index in [9.17, 15) is 13.4 Å². The van der Waals surface area contributed by atoms with E-state index in [2.05, 4.69) is 0 Å². The van der Waals surface area contributed by atoms with Gasteiger partial charge in [0.2, 0.25) is 5.91 Å². The molecule has 94 valence electrons. The molecule has 0 aromatic heterocycles. The van der Waals surface area contributed by atoms with Gasteiger partial charge in [-0.15, -0.1) is 0 Å². The molecule has 0 bridgehead atoms. The minimum Gasteiger partial charge on any atom is -0.349 e. The first-order chi connectivity index (χ1) is 8.00. The molecule has 1 unspecified atom stereocenters. The lowest BCUT2D eigenvalue weighted by Crippen LogP contribution is -2.21. The van der Waals surface area contributed by atoms with Crippen molar-refractivity contribution in [2.24, 2.45) is 0 Å². The molecule has 1 rings (SSSR count). The third-order valence-corrected chi connectivity index (χ3v) is 3.72. The van der Waals surface area contributed by atoms with Gasteiger partial charge >= 0.3 is 0 Å². The van der Waals surface area contributed by atoms with Gasteiger partial charge in [-0.1, -0.05) is 6.07 Å². The van der Waals surface area contributed by atoms with E-state index in [0.29, 0.717) is 23.5 Å². The third kappa shape index (κ3) is 4.65. The van der Waals surface area contributed by atoms with E-state index >= 15 is 0 Å². The summed E-state index contributed by atoms with van der Waals surface area (Å²) in [6, 6.07) is 5.75. The predicted octanol–water partition coefficient (Wildman–Crippen LogP) is 1.80. The molecule has 0 spiro atoms. The number of carbonyl (C=O) groups is 1. The van der Waals surface area contributed by atoms with E-state index in [1.54, 1.807) is 20.2 Å².